The molecule has 1 N–H and O–H groups in total. The zero-order valence-corrected chi connectivity index (χ0v) is 15.2. The van der Waals surface area contributed by atoms with Crippen molar-refractivity contribution in [3.63, 3.8) is 0 Å². The van der Waals surface area contributed by atoms with E-state index in [0.29, 0.717) is 7.05 Å². The molecule has 1 aromatic carbocycles. The number of hydrogen-bond donors (Lipinski definition) is 1. The molecule has 1 saturated carbocycles. The van der Waals surface area contributed by atoms with Gasteiger partial charge in [-0.25, -0.2) is 0 Å². The Morgan fingerprint density at radius 1 is 0.531 bits per heavy atom. The number of nitrogens with one attached hydrogen (secondary N) is 1. The summed E-state index contributed by atoms with van der Waals surface area (Å²) in [4.78, 5) is 0. The molecule has 0 saturated heterocycles. The molecular weight excluding hydrogens is 491 g/mol. The average molecular weight is 501 g/mol. The van der Waals surface area contributed by atoms with Crippen LogP contribution in [0.25, 0.3) is 0 Å². The lowest BCUT2D eigenvalue weighted by Gasteiger charge is -2.33. The minimum atomic E-state index is -6.87. The Morgan fingerprint density at radius 2 is 0.781 bits per heavy atom. The highest BCUT2D eigenvalue weighted by molar-refractivity contribution is 5.59. The van der Waals surface area contributed by atoms with Crippen molar-refractivity contribution in [2.24, 2.45) is 5.92 Å². The van der Waals surface area contributed by atoms with Gasteiger partial charge in [-0.15, -0.1) is 0 Å². The van der Waals surface area contributed by atoms with Gasteiger partial charge in [-0.2, -0.15) is 65.9 Å². The van der Waals surface area contributed by atoms with Crippen LogP contribution in [0.4, 0.5) is 65.9 Å². The fourth-order valence-corrected chi connectivity index (χ4v) is 3.56. The topological polar surface area (TPSA) is 12.0 Å². The Hall–Kier alpha value is -1.87. The molecule has 0 aliphatic heterocycles. The highest BCUT2D eigenvalue weighted by Crippen LogP contribution is 2.59. The van der Waals surface area contributed by atoms with Crippen molar-refractivity contribution >= 4 is 0 Å². The number of rotatable bonds is 3. The van der Waals surface area contributed by atoms with E-state index >= 15 is 0 Å². The summed E-state index contributed by atoms with van der Waals surface area (Å²) in [6, 6.07) is -2.38. The fourth-order valence-electron chi connectivity index (χ4n) is 3.56. The van der Waals surface area contributed by atoms with Crippen LogP contribution in [0, 0.1) is 5.92 Å². The molecule has 0 radical (unpaired) electrons. The largest absolute Gasteiger partial charge is 0.417 e. The molecule has 0 bridgehead atoms. The molecule has 1 aliphatic carbocycles. The molecule has 1 unspecified atom stereocenters. The third-order valence-electron chi connectivity index (χ3n) is 4.67. The predicted octanol–water partition coefficient (Wildman–Crippen LogP) is 7.45. The first-order valence-electron chi connectivity index (χ1n) is 8.31. The van der Waals surface area contributed by atoms with E-state index in [1.165, 1.54) is 0 Å². The summed E-state index contributed by atoms with van der Waals surface area (Å²) >= 11 is 0. The summed E-state index contributed by atoms with van der Waals surface area (Å²) < 4.78 is 203. The van der Waals surface area contributed by atoms with E-state index in [-0.39, 0.29) is 12.8 Å². The van der Waals surface area contributed by atoms with Gasteiger partial charge in [0.05, 0.1) is 27.8 Å². The first kappa shape index (κ1) is 26.4. The van der Waals surface area contributed by atoms with Gasteiger partial charge in [0.25, 0.3) is 0 Å². The molecule has 1 aromatic rings. The molecule has 184 valence electrons. The molecule has 0 aromatic heterocycles. The quantitative estimate of drug-likeness (QED) is 0.425. The number of hydrogen-bond acceptors (Lipinski definition) is 1. The third kappa shape index (κ3) is 4.88. The maximum absolute atomic E-state index is 13.6. The van der Waals surface area contributed by atoms with Crippen molar-refractivity contribution in [3.05, 3.63) is 33.4 Å². The van der Waals surface area contributed by atoms with Crippen molar-refractivity contribution in [3.8, 4) is 0 Å². The molecule has 0 amide bonds. The fraction of sp³-hybridized carbons (Fsp3) is 0.625. The van der Waals surface area contributed by atoms with E-state index < -0.39 is 76.2 Å². The summed E-state index contributed by atoms with van der Waals surface area (Å²) in [7, 11) is 0.668. The standard InChI is InChI=1S/C16H10F15N/c1-32-11(4-2-3-4)5-6(12(17,18)19)8(14(23,24)25)10(16(29,30)31)9(15(26,27)28)7(5)13(20,21)22/h4,11,32H,2-3H2,1H3. The lowest BCUT2D eigenvalue weighted by molar-refractivity contribution is -0.189. The zero-order chi connectivity index (χ0) is 25.2. The summed E-state index contributed by atoms with van der Waals surface area (Å²) in [6.07, 6.45) is -33.7. The van der Waals surface area contributed by atoms with E-state index in [0.717, 1.165) is 0 Å². The summed E-state index contributed by atoms with van der Waals surface area (Å²) in [6.45, 7) is 0. The van der Waals surface area contributed by atoms with Crippen LogP contribution >= 0.6 is 0 Å². The van der Waals surface area contributed by atoms with Crippen LogP contribution in [-0.2, 0) is 30.9 Å². The zero-order valence-electron chi connectivity index (χ0n) is 15.2. The first-order valence-corrected chi connectivity index (χ1v) is 8.31. The van der Waals surface area contributed by atoms with Gasteiger partial charge in [0, 0.05) is 6.04 Å². The van der Waals surface area contributed by atoms with Crippen molar-refractivity contribution < 1.29 is 65.9 Å². The van der Waals surface area contributed by atoms with E-state index in [4.69, 9.17) is 0 Å². The van der Waals surface area contributed by atoms with Crippen LogP contribution < -0.4 is 5.32 Å². The van der Waals surface area contributed by atoms with E-state index in [1.54, 1.807) is 5.32 Å². The smallest absolute Gasteiger partial charge is 0.313 e. The van der Waals surface area contributed by atoms with Crippen molar-refractivity contribution in [2.45, 2.75) is 49.8 Å². The van der Waals surface area contributed by atoms with Gasteiger partial charge < -0.3 is 5.32 Å². The molecule has 0 heterocycles. The van der Waals surface area contributed by atoms with E-state index in [9.17, 15) is 65.9 Å². The molecular formula is C16H10F15N. The van der Waals surface area contributed by atoms with Crippen LogP contribution in [0.15, 0.2) is 0 Å². The second-order valence-electron chi connectivity index (χ2n) is 6.88. The number of alkyl halides is 15. The average Bonchev–Trinajstić information content (AvgIpc) is 3.33. The Bertz CT molecular complexity index is 809. The van der Waals surface area contributed by atoms with Crippen molar-refractivity contribution in [1.82, 2.24) is 5.32 Å². The predicted molar refractivity (Wildman–Crippen MR) is 76.0 cm³/mol. The minimum absolute atomic E-state index is 0.177. The van der Waals surface area contributed by atoms with Crippen LogP contribution in [0.2, 0.25) is 0 Å². The molecule has 1 nitrogen and oxygen atoms in total. The first-order chi connectivity index (χ1) is 14.0. The molecule has 1 aliphatic rings. The molecule has 16 heteroatoms. The monoisotopic (exact) mass is 501 g/mol. The highest BCUT2D eigenvalue weighted by Gasteiger charge is 2.61. The van der Waals surface area contributed by atoms with Gasteiger partial charge in [-0.05, 0) is 31.4 Å². The summed E-state index contributed by atoms with van der Waals surface area (Å²) in [5.41, 5.74) is -21.3. The van der Waals surface area contributed by atoms with Gasteiger partial charge in [-0.3, -0.25) is 0 Å². The Morgan fingerprint density at radius 3 is 0.969 bits per heavy atom. The normalized spacial score (nSPS) is 17.6. The SMILES string of the molecule is CNC(c1c(C(F)(F)F)c(C(F)(F)F)c(C(F)(F)F)c(C(F)(F)F)c1C(F)(F)F)C1CC1. The lowest BCUT2D eigenvalue weighted by Crippen LogP contribution is -2.36. The van der Waals surface area contributed by atoms with Crippen LogP contribution in [0.3, 0.4) is 0 Å². The van der Waals surface area contributed by atoms with E-state index in [2.05, 4.69) is 0 Å². The Balaban J connectivity index is 3.42. The third-order valence-corrected chi connectivity index (χ3v) is 4.67. The van der Waals surface area contributed by atoms with Crippen molar-refractivity contribution in [1.29, 1.82) is 0 Å². The minimum Gasteiger partial charge on any atom is -0.313 e. The van der Waals surface area contributed by atoms with Crippen LogP contribution in [-0.4, -0.2) is 7.05 Å². The second-order valence-corrected chi connectivity index (χ2v) is 6.88. The summed E-state index contributed by atoms with van der Waals surface area (Å²) in [5.74, 6) is -1.26. The molecule has 1 atom stereocenters. The van der Waals surface area contributed by atoms with Gasteiger partial charge in [-0.1, -0.05) is 0 Å². The second kappa shape index (κ2) is 7.58. The molecule has 1 fully saturated rings. The maximum Gasteiger partial charge on any atom is 0.417 e. The van der Waals surface area contributed by atoms with Gasteiger partial charge >= 0.3 is 30.9 Å². The van der Waals surface area contributed by atoms with Gasteiger partial charge in [0.15, 0.2) is 0 Å². The highest BCUT2D eigenvalue weighted by atomic mass is 19.4. The van der Waals surface area contributed by atoms with Crippen LogP contribution in [0.1, 0.15) is 52.3 Å². The molecule has 32 heavy (non-hydrogen) atoms. The lowest BCUT2D eigenvalue weighted by atomic mass is 9.80. The molecule has 0 spiro atoms. The van der Waals surface area contributed by atoms with E-state index in [1.807, 2.05) is 0 Å². The maximum atomic E-state index is 13.6. The Kier molecular flexibility index (Phi) is 6.25. The van der Waals surface area contributed by atoms with Crippen molar-refractivity contribution in [2.75, 3.05) is 7.05 Å². The van der Waals surface area contributed by atoms with Gasteiger partial charge in [0.2, 0.25) is 0 Å². The van der Waals surface area contributed by atoms with Gasteiger partial charge in [0.1, 0.15) is 0 Å². The number of halogens is 15. The molecule has 2 rings (SSSR count). The Labute approximate surface area is 168 Å². The number of benzene rings is 1. The van der Waals surface area contributed by atoms with Crippen LogP contribution in [0.5, 0.6) is 0 Å². The summed E-state index contributed by atoms with van der Waals surface area (Å²) in [5, 5.41) is 1.80.